The number of nitrogens with one attached hydrogen (secondary N) is 1. The van der Waals surface area contributed by atoms with Crippen LogP contribution in [0.15, 0.2) is 47.7 Å². The van der Waals surface area contributed by atoms with E-state index in [9.17, 15) is 10.1 Å². The van der Waals surface area contributed by atoms with E-state index in [1.54, 1.807) is 6.21 Å². The molecule has 0 bridgehead atoms. The molecule has 0 saturated carbocycles. The van der Waals surface area contributed by atoms with E-state index < -0.39 is 4.92 Å². The van der Waals surface area contributed by atoms with E-state index in [2.05, 4.69) is 22.4 Å². The van der Waals surface area contributed by atoms with Crippen LogP contribution >= 0.6 is 0 Å². The van der Waals surface area contributed by atoms with Crippen LogP contribution in [-0.4, -0.2) is 22.2 Å². The number of hydrogen-bond acceptors (Lipinski definition) is 6. The van der Waals surface area contributed by atoms with E-state index in [0.29, 0.717) is 5.82 Å². The first-order chi connectivity index (χ1) is 11.1. The molecular formula is C16H18N4O3. The molecule has 23 heavy (non-hydrogen) atoms. The number of hydrogen-bond donors (Lipinski definition) is 1. The summed E-state index contributed by atoms with van der Waals surface area (Å²) in [7, 11) is 0. The van der Waals surface area contributed by atoms with Crippen LogP contribution < -0.4 is 10.2 Å². The number of aromatic nitrogens is 1. The number of pyridine rings is 1. The fourth-order valence-electron chi connectivity index (χ4n) is 1.72. The third kappa shape index (κ3) is 4.77. The summed E-state index contributed by atoms with van der Waals surface area (Å²) in [5, 5.41) is 14.7. The lowest BCUT2D eigenvalue weighted by Crippen LogP contribution is -2.11. The number of ether oxygens (including phenoxy) is 1. The van der Waals surface area contributed by atoms with Gasteiger partial charge in [0.25, 0.3) is 5.69 Å². The minimum absolute atomic E-state index is 0.0631. The van der Waals surface area contributed by atoms with Crippen molar-refractivity contribution in [3.05, 3.63) is 58.3 Å². The molecule has 0 amide bonds. The first kappa shape index (κ1) is 16.4. The lowest BCUT2D eigenvalue weighted by Gasteiger charge is -2.14. The van der Waals surface area contributed by atoms with Gasteiger partial charge in [0.2, 0.25) is 0 Å². The third-order valence-corrected chi connectivity index (χ3v) is 3.16. The summed E-state index contributed by atoms with van der Waals surface area (Å²) in [5.74, 6) is 1.18. The van der Waals surface area contributed by atoms with Gasteiger partial charge in [0, 0.05) is 11.6 Å². The lowest BCUT2D eigenvalue weighted by molar-refractivity contribution is -0.385. The Morgan fingerprint density at radius 3 is 2.83 bits per heavy atom. The zero-order chi connectivity index (χ0) is 16.7. The summed E-state index contributed by atoms with van der Waals surface area (Å²) < 4.78 is 5.83. The third-order valence-electron chi connectivity index (χ3n) is 3.16. The highest BCUT2D eigenvalue weighted by molar-refractivity contribution is 5.83. The van der Waals surface area contributed by atoms with E-state index in [1.807, 2.05) is 31.2 Å². The van der Waals surface area contributed by atoms with Gasteiger partial charge >= 0.3 is 0 Å². The van der Waals surface area contributed by atoms with Crippen LogP contribution in [-0.2, 0) is 0 Å². The van der Waals surface area contributed by atoms with Crippen LogP contribution in [0.5, 0.6) is 5.75 Å². The molecule has 0 aliphatic carbocycles. The van der Waals surface area contributed by atoms with Gasteiger partial charge in [-0.1, -0.05) is 19.1 Å². The fraction of sp³-hybridized carbons (Fsp3) is 0.250. The number of nitrogens with zero attached hydrogens (tertiary/aromatic N) is 3. The smallest absolute Gasteiger partial charge is 0.287 e. The second-order valence-electron chi connectivity index (χ2n) is 4.90. The van der Waals surface area contributed by atoms with Crippen LogP contribution in [0.4, 0.5) is 11.5 Å². The molecule has 1 aromatic carbocycles. The number of para-hydroxylation sites is 1. The topological polar surface area (TPSA) is 89.6 Å². The second kappa shape index (κ2) is 7.88. The van der Waals surface area contributed by atoms with Gasteiger partial charge in [0.15, 0.2) is 0 Å². The molecule has 0 aliphatic heterocycles. The minimum atomic E-state index is -0.497. The van der Waals surface area contributed by atoms with Crippen LogP contribution in [0.3, 0.4) is 0 Å². The Hall–Kier alpha value is -2.96. The van der Waals surface area contributed by atoms with Crippen molar-refractivity contribution in [2.24, 2.45) is 5.10 Å². The zero-order valence-corrected chi connectivity index (χ0v) is 13.0. The highest BCUT2D eigenvalue weighted by atomic mass is 16.6. The number of anilines is 1. The van der Waals surface area contributed by atoms with Crippen LogP contribution in [0.25, 0.3) is 0 Å². The summed E-state index contributed by atoms with van der Waals surface area (Å²) in [5.41, 5.74) is 3.51. The highest BCUT2D eigenvalue weighted by Gasteiger charge is 2.06. The zero-order valence-electron chi connectivity index (χ0n) is 13.0. The van der Waals surface area contributed by atoms with Crippen molar-refractivity contribution >= 4 is 17.7 Å². The van der Waals surface area contributed by atoms with Crippen molar-refractivity contribution in [2.45, 2.75) is 26.4 Å². The van der Waals surface area contributed by atoms with Crippen molar-refractivity contribution in [3.63, 3.8) is 0 Å². The van der Waals surface area contributed by atoms with Gasteiger partial charge in [0.1, 0.15) is 17.8 Å². The molecule has 0 radical (unpaired) electrons. The lowest BCUT2D eigenvalue weighted by atomic mass is 10.2. The molecule has 0 saturated heterocycles. The SMILES string of the molecule is CC[C@H](C)Oc1ccccc1/C=N/Nc1ccc([N+](=O)[O-])cn1. The average molecular weight is 314 g/mol. The molecule has 120 valence electrons. The molecule has 0 spiro atoms. The molecule has 7 nitrogen and oxygen atoms in total. The van der Waals surface area contributed by atoms with E-state index in [1.165, 1.54) is 18.3 Å². The molecule has 2 aromatic rings. The molecule has 7 heteroatoms. The van der Waals surface area contributed by atoms with Crippen LogP contribution in [0.1, 0.15) is 25.8 Å². The van der Waals surface area contributed by atoms with Gasteiger partial charge in [0.05, 0.1) is 17.2 Å². The molecule has 0 unspecified atom stereocenters. The van der Waals surface area contributed by atoms with Crippen LogP contribution in [0.2, 0.25) is 0 Å². The van der Waals surface area contributed by atoms with Crippen LogP contribution in [0, 0.1) is 10.1 Å². The number of hydrazone groups is 1. The number of nitro groups is 1. The highest BCUT2D eigenvalue weighted by Crippen LogP contribution is 2.18. The predicted molar refractivity (Wildman–Crippen MR) is 88.9 cm³/mol. The monoisotopic (exact) mass is 314 g/mol. The van der Waals surface area contributed by atoms with Crippen molar-refractivity contribution in [1.29, 1.82) is 0 Å². The fourth-order valence-corrected chi connectivity index (χ4v) is 1.72. The van der Waals surface area contributed by atoms with Gasteiger partial charge in [-0.3, -0.25) is 15.5 Å². The molecule has 1 aromatic heterocycles. The normalized spacial score (nSPS) is 12.1. The summed E-state index contributed by atoms with van der Waals surface area (Å²) in [4.78, 5) is 14.0. The van der Waals surface area contributed by atoms with Gasteiger partial charge in [-0.05, 0) is 31.5 Å². The first-order valence-electron chi connectivity index (χ1n) is 7.25. The summed E-state index contributed by atoms with van der Waals surface area (Å²) >= 11 is 0. The minimum Gasteiger partial charge on any atom is -0.490 e. The van der Waals surface area contributed by atoms with E-state index >= 15 is 0 Å². The van der Waals surface area contributed by atoms with Gasteiger partial charge in [-0.25, -0.2) is 4.98 Å². The van der Waals surface area contributed by atoms with Crippen molar-refractivity contribution in [1.82, 2.24) is 4.98 Å². The van der Waals surface area contributed by atoms with E-state index in [4.69, 9.17) is 4.74 Å². The van der Waals surface area contributed by atoms with Crippen molar-refractivity contribution < 1.29 is 9.66 Å². The number of benzene rings is 1. The second-order valence-corrected chi connectivity index (χ2v) is 4.90. The average Bonchev–Trinajstić information content (AvgIpc) is 2.56. The summed E-state index contributed by atoms with van der Waals surface area (Å²) in [6, 6.07) is 10.4. The Labute approximate surface area is 134 Å². The molecular weight excluding hydrogens is 296 g/mol. The predicted octanol–water partition coefficient (Wildman–Crippen LogP) is 3.61. The molecule has 1 atom stereocenters. The first-order valence-corrected chi connectivity index (χ1v) is 7.25. The largest absolute Gasteiger partial charge is 0.490 e. The molecule has 1 heterocycles. The Bertz CT molecular complexity index is 686. The summed E-state index contributed by atoms with van der Waals surface area (Å²) in [6.45, 7) is 4.07. The standard InChI is InChI=1S/C16H18N4O3/c1-3-12(2)23-15-7-5-4-6-13(15)10-18-19-16-9-8-14(11-17-16)20(21)22/h4-12H,3H2,1-2H3,(H,17,19)/b18-10+/t12-/m0/s1. The molecule has 0 aliphatic rings. The number of rotatable bonds is 7. The molecule has 0 fully saturated rings. The molecule has 1 N–H and O–H groups in total. The van der Waals surface area contributed by atoms with Crippen molar-refractivity contribution in [3.8, 4) is 5.75 Å². The quantitative estimate of drug-likeness (QED) is 0.479. The summed E-state index contributed by atoms with van der Waals surface area (Å²) in [6.07, 6.45) is 3.84. The Kier molecular flexibility index (Phi) is 5.62. The molecule has 2 rings (SSSR count). The van der Waals surface area contributed by atoms with Crippen molar-refractivity contribution in [2.75, 3.05) is 5.43 Å². The maximum atomic E-state index is 10.6. The Morgan fingerprint density at radius 1 is 1.39 bits per heavy atom. The maximum Gasteiger partial charge on any atom is 0.287 e. The van der Waals surface area contributed by atoms with Gasteiger partial charge in [-0.15, -0.1) is 0 Å². The van der Waals surface area contributed by atoms with Gasteiger partial charge < -0.3 is 4.74 Å². The Balaban J connectivity index is 2.04. The Morgan fingerprint density at radius 2 is 2.17 bits per heavy atom. The van der Waals surface area contributed by atoms with E-state index in [0.717, 1.165) is 17.7 Å². The van der Waals surface area contributed by atoms with E-state index in [-0.39, 0.29) is 11.8 Å². The van der Waals surface area contributed by atoms with Gasteiger partial charge in [-0.2, -0.15) is 5.10 Å². The maximum absolute atomic E-state index is 10.6.